The zero-order valence-corrected chi connectivity index (χ0v) is 7.51. The second-order valence-corrected chi connectivity index (χ2v) is 3.88. The van der Waals surface area contributed by atoms with E-state index in [4.69, 9.17) is 4.74 Å². The van der Waals surface area contributed by atoms with Gasteiger partial charge in [-0.05, 0) is 0 Å². The van der Waals surface area contributed by atoms with Crippen molar-refractivity contribution in [1.29, 1.82) is 0 Å². The van der Waals surface area contributed by atoms with Crippen LogP contribution in [0.4, 0.5) is 0 Å². The molecule has 1 saturated heterocycles. The predicted molar refractivity (Wildman–Crippen MR) is 46.1 cm³/mol. The van der Waals surface area contributed by atoms with Crippen molar-refractivity contribution in [2.45, 2.75) is 18.4 Å². The Morgan fingerprint density at radius 3 is 2.83 bits per heavy atom. The summed E-state index contributed by atoms with van der Waals surface area (Å²) in [7, 11) is 0. The standard InChI is InChI=1S/C8H11NO2S/c10-8(1-4-11-5-2-8)7-9-3-6-12-7/h3,6,10H,1-2,4-5H2. The van der Waals surface area contributed by atoms with Crippen molar-refractivity contribution in [2.24, 2.45) is 0 Å². The summed E-state index contributed by atoms with van der Waals surface area (Å²) >= 11 is 1.51. The fourth-order valence-corrected chi connectivity index (χ4v) is 2.17. The molecule has 0 aliphatic carbocycles. The molecule has 0 aromatic carbocycles. The van der Waals surface area contributed by atoms with Crippen molar-refractivity contribution in [1.82, 2.24) is 4.98 Å². The van der Waals surface area contributed by atoms with Gasteiger partial charge in [0.15, 0.2) is 0 Å². The molecule has 1 aromatic heterocycles. The molecule has 2 heterocycles. The van der Waals surface area contributed by atoms with E-state index < -0.39 is 5.60 Å². The van der Waals surface area contributed by atoms with Crippen LogP contribution in [-0.2, 0) is 10.3 Å². The Kier molecular flexibility index (Phi) is 2.12. The van der Waals surface area contributed by atoms with Crippen molar-refractivity contribution in [3.8, 4) is 0 Å². The van der Waals surface area contributed by atoms with Crippen LogP contribution in [0, 0.1) is 0 Å². The average Bonchev–Trinajstić information content (AvgIpc) is 2.58. The van der Waals surface area contributed by atoms with Gasteiger partial charge in [0, 0.05) is 37.6 Å². The van der Waals surface area contributed by atoms with Crippen molar-refractivity contribution in [3.63, 3.8) is 0 Å². The SMILES string of the molecule is OC1(c2nccs2)CCOCC1. The van der Waals surface area contributed by atoms with Gasteiger partial charge >= 0.3 is 0 Å². The number of thiazole rings is 1. The van der Waals surface area contributed by atoms with E-state index in [0.29, 0.717) is 26.1 Å². The Hall–Kier alpha value is -0.450. The fraction of sp³-hybridized carbons (Fsp3) is 0.625. The molecule has 1 aliphatic heterocycles. The molecule has 0 saturated carbocycles. The van der Waals surface area contributed by atoms with Crippen LogP contribution >= 0.6 is 11.3 Å². The lowest BCUT2D eigenvalue weighted by molar-refractivity contribution is -0.0679. The van der Waals surface area contributed by atoms with Gasteiger partial charge in [0.1, 0.15) is 10.6 Å². The monoisotopic (exact) mass is 185 g/mol. The molecular formula is C8H11NO2S. The van der Waals surface area contributed by atoms with Crippen molar-refractivity contribution < 1.29 is 9.84 Å². The summed E-state index contributed by atoms with van der Waals surface area (Å²) in [6.07, 6.45) is 3.06. The highest BCUT2D eigenvalue weighted by atomic mass is 32.1. The van der Waals surface area contributed by atoms with E-state index in [2.05, 4.69) is 4.98 Å². The highest BCUT2D eigenvalue weighted by molar-refractivity contribution is 7.09. The van der Waals surface area contributed by atoms with Crippen LogP contribution in [0.1, 0.15) is 17.8 Å². The Labute approximate surface area is 75.0 Å². The molecule has 2 rings (SSSR count). The second kappa shape index (κ2) is 3.12. The minimum absolute atomic E-state index is 0.635. The third kappa shape index (κ3) is 1.37. The van der Waals surface area contributed by atoms with Gasteiger partial charge in [-0.25, -0.2) is 4.98 Å². The zero-order chi connectivity index (χ0) is 8.44. The summed E-state index contributed by atoms with van der Waals surface area (Å²) in [4.78, 5) is 4.12. The smallest absolute Gasteiger partial charge is 0.124 e. The maximum Gasteiger partial charge on any atom is 0.124 e. The van der Waals surface area contributed by atoms with Crippen LogP contribution in [0.5, 0.6) is 0 Å². The first kappa shape index (κ1) is 8.16. The molecule has 0 atom stereocenters. The van der Waals surface area contributed by atoms with Crippen LogP contribution in [0.25, 0.3) is 0 Å². The first-order valence-electron chi connectivity index (χ1n) is 4.01. The van der Waals surface area contributed by atoms with E-state index in [-0.39, 0.29) is 0 Å². The molecule has 4 heteroatoms. The van der Waals surface area contributed by atoms with Crippen LogP contribution < -0.4 is 0 Å². The van der Waals surface area contributed by atoms with Gasteiger partial charge in [0.05, 0.1) is 0 Å². The van der Waals surface area contributed by atoms with E-state index in [0.717, 1.165) is 5.01 Å². The summed E-state index contributed by atoms with van der Waals surface area (Å²) in [5, 5.41) is 12.8. The minimum Gasteiger partial charge on any atom is -0.382 e. The average molecular weight is 185 g/mol. The summed E-state index contributed by atoms with van der Waals surface area (Å²) < 4.78 is 5.18. The lowest BCUT2D eigenvalue weighted by Gasteiger charge is -2.29. The van der Waals surface area contributed by atoms with E-state index in [1.165, 1.54) is 11.3 Å². The Balaban J connectivity index is 2.19. The summed E-state index contributed by atoms with van der Waals surface area (Å²) in [5.41, 5.74) is -0.716. The number of aliphatic hydroxyl groups is 1. The van der Waals surface area contributed by atoms with E-state index in [1.807, 2.05) is 5.38 Å². The normalized spacial score (nSPS) is 22.4. The second-order valence-electron chi connectivity index (χ2n) is 2.98. The van der Waals surface area contributed by atoms with Crippen molar-refractivity contribution in [2.75, 3.05) is 13.2 Å². The number of nitrogens with zero attached hydrogens (tertiary/aromatic N) is 1. The number of rotatable bonds is 1. The van der Waals surface area contributed by atoms with E-state index in [1.54, 1.807) is 6.20 Å². The largest absolute Gasteiger partial charge is 0.382 e. The molecule has 12 heavy (non-hydrogen) atoms. The molecule has 0 unspecified atom stereocenters. The molecule has 3 nitrogen and oxygen atoms in total. The predicted octanol–water partition coefficient (Wildman–Crippen LogP) is 1.14. The number of hydrogen-bond donors (Lipinski definition) is 1. The highest BCUT2D eigenvalue weighted by Crippen LogP contribution is 2.32. The molecule has 0 radical (unpaired) electrons. The fourth-order valence-electron chi connectivity index (χ4n) is 1.38. The van der Waals surface area contributed by atoms with Gasteiger partial charge in [-0.1, -0.05) is 0 Å². The maximum absolute atomic E-state index is 10.1. The molecule has 1 aromatic rings. The zero-order valence-electron chi connectivity index (χ0n) is 6.69. The molecule has 1 N–H and O–H groups in total. The molecule has 0 amide bonds. The van der Waals surface area contributed by atoms with E-state index in [9.17, 15) is 5.11 Å². The number of aromatic nitrogens is 1. The van der Waals surface area contributed by atoms with Crippen LogP contribution in [0.3, 0.4) is 0 Å². The van der Waals surface area contributed by atoms with Gasteiger partial charge in [-0.3, -0.25) is 0 Å². The van der Waals surface area contributed by atoms with Gasteiger partial charge < -0.3 is 9.84 Å². The molecule has 1 aliphatic rings. The quantitative estimate of drug-likeness (QED) is 0.713. The molecule has 0 bridgehead atoms. The molecular weight excluding hydrogens is 174 g/mol. The lowest BCUT2D eigenvalue weighted by Crippen LogP contribution is -2.33. The van der Waals surface area contributed by atoms with Crippen LogP contribution in [0.2, 0.25) is 0 Å². The summed E-state index contributed by atoms with van der Waals surface area (Å²) in [6.45, 7) is 1.27. The van der Waals surface area contributed by atoms with Crippen LogP contribution in [-0.4, -0.2) is 23.3 Å². The topological polar surface area (TPSA) is 42.4 Å². The molecule has 0 spiro atoms. The van der Waals surface area contributed by atoms with E-state index >= 15 is 0 Å². The van der Waals surface area contributed by atoms with Gasteiger partial charge in [0.2, 0.25) is 0 Å². The highest BCUT2D eigenvalue weighted by Gasteiger charge is 2.33. The molecule has 66 valence electrons. The third-order valence-corrected chi connectivity index (χ3v) is 3.12. The van der Waals surface area contributed by atoms with Crippen LogP contribution in [0.15, 0.2) is 11.6 Å². The third-order valence-electron chi connectivity index (χ3n) is 2.15. The number of hydrogen-bond acceptors (Lipinski definition) is 4. The molecule has 1 fully saturated rings. The first-order chi connectivity index (χ1) is 5.81. The van der Waals surface area contributed by atoms with Crippen molar-refractivity contribution >= 4 is 11.3 Å². The number of ether oxygens (including phenoxy) is 1. The maximum atomic E-state index is 10.1. The van der Waals surface area contributed by atoms with Gasteiger partial charge in [-0.15, -0.1) is 11.3 Å². The minimum atomic E-state index is -0.716. The summed E-state index contributed by atoms with van der Waals surface area (Å²) in [6, 6.07) is 0. The first-order valence-corrected chi connectivity index (χ1v) is 4.89. The van der Waals surface area contributed by atoms with Gasteiger partial charge in [-0.2, -0.15) is 0 Å². The lowest BCUT2D eigenvalue weighted by atomic mass is 9.95. The Morgan fingerprint density at radius 2 is 2.25 bits per heavy atom. The van der Waals surface area contributed by atoms with Crippen molar-refractivity contribution in [3.05, 3.63) is 16.6 Å². The Bertz CT molecular complexity index is 242. The summed E-state index contributed by atoms with van der Waals surface area (Å²) in [5.74, 6) is 0. The Morgan fingerprint density at radius 1 is 1.50 bits per heavy atom. The van der Waals surface area contributed by atoms with Gasteiger partial charge in [0.25, 0.3) is 0 Å².